The van der Waals surface area contributed by atoms with Crippen LogP contribution in [0.25, 0.3) is 0 Å². The lowest BCUT2D eigenvalue weighted by Crippen LogP contribution is -2.12. The Labute approximate surface area is 109 Å². The highest BCUT2D eigenvalue weighted by Gasteiger charge is 2.14. The molecule has 1 aromatic rings. The van der Waals surface area contributed by atoms with Gasteiger partial charge in [-0.15, -0.1) is 0 Å². The largest absolute Gasteiger partial charge is 0.337 e. The van der Waals surface area contributed by atoms with Crippen LogP contribution in [-0.4, -0.2) is 9.55 Å². The molecule has 1 aromatic heterocycles. The summed E-state index contributed by atoms with van der Waals surface area (Å²) in [6, 6.07) is 0. The number of hydrogen-bond acceptors (Lipinski definition) is 1. The fourth-order valence-corrected chi connectivity index (χ4v) is 3.16. The quantitative estimate of drug-likeness (QED) is 0.774. The molecule has 1 aliphatic carbocycles. The minimum Gasteiger partial charge on any atom is -0.337 e. The average Bonchev–Trinajstić information content (AvgIpc) is 2.69. The summed E-state index contributed by atoms with van der Waals surface area (Å²) < 4.78 is 3.19. The summed E-state index contributed by atoms with van der Waals surface area (Å²) >= 11 is 5.37. The molecule has 0 radical (unpaired) electrons. The minimum absolute atomic E-state index is 0.550. The van der Waals surface area contributed by atoms with Crippen molar-refractivity contribution in [3.05, 3.63) is 16.7 Å². The zero-order valence-electron chi connectivity index (χ0n) is 11.0. The Bertz CT molecular complexity index is 397. The van der Waals surface area contributed by atoms with Gasteiger partial charge in [0.05, 0.1) is 0 Å². The van der Waals surface area contributed by atoms with Crippen molar-refractivity contribution < 1.29 is 0 Å². The standard InChI is InChI=1S/C14H24N2S/c1-11(2)13-10-15-14(17)16(13)9-8-12-6-4-3-5-7-12/h10-12H,3-9H2,1-2H3,(H,15,17). The summed E-state index contributed by atoms with van der Waals surface area (Å²) in [7, 11) is 0. The fourth-order valence-electron chi connectivity index (χ4n) is 2.91. The van der Waals surface area contributed by atoms with E-state index in [4.69, 9.17) is 12.2 Å². The van der Waals surface area contributed by atoms with Crippen LogP contribution in [0, 0.1) is 10.7 Å². The van der Waals surface area contributed by atoms with E-state index in [0.29, 0.717) is 5.92 Å². The molecule has 2 nitrogen and oxygen atoms in total. The second-order valence-electron chi connectivity index (χ2n) is 5.62. The summed E-state index contributed by atoms with van der Waals surface area (Å²) in [5, 5.41) is 0. The lowest BCUT2D eigenvalue weighted by Gasteiger charge is -2.22. The zero-order chi connectivity index (χ0) is 12.3. The second-order valence-corrected chi connectivity index (χ2v) is 6.00. The van der Waals surface area contributed by atoms with Gasteiger partial charge in [0.15, 0.2) is 4.77 Å². The molecule has 0 aromatic carbocycles. The normalized spacial score (nSPS) is 17.8. The highest BCUT2D eigenvalue weighted by atomic mass is 32.1. The summed E-state index contributed by atoms with van der Waals surface area (Å²) in [5.74, 6) is 1.48. The maximum Gasteiger partial charge on any atom is 0.177 e. The summed E-state index contributed by atoms with van der Waals surface area (Å²) in [6.45, 7) is 5.56. The van der Waals surface area contributed by atoms with Gasteiger partial charge in [-0.25, -0.2) is 0 Å². The first-order valence-corrected chi connectivity index (χ1v) is 7.37. The Kier molecular flexibility index (Phi) is 4.43. The van der Waals surface area contributed by atoms with E-state index < -0.39 is 0 Å². The van der Waals surface area contributed by atoms with Gasteiger partial charge in [-0.05, 0) is 30.5 Å². The van der Waals surface area contributed by atoms with Crippen molar-refractivity contribution in [1.29, 1.82) is 0 Å². The van der Waals surface area contributed by atoms with Crippen LogP contribution in [0.15, 0.2) is 6.20 Å². The molecule has 96 valence electrons. The molecule has 1 fully saturated rings. The van der Waals surface area contributed by atoms with Gasteiger partial charge in [-0.1, -0.05) is 46.0 Å². The van der Waals surface area contributed by atoms with E-state index in [9.17, 15) is 0 Å². The van der Waals surface area contributed by atoms with E-state index >= 15 is 0 Å². The molecule has 1 N–H and O–H groups in total. The molecule has 2 rings (SSSR count). The van der Waals surface area contributed by atoms with Crippen molar-refractivity contribution in [2.75, 3.05) is 0 Å². The lowest BCUT2D eigenvalue weighted by atomic mass is 9.87. The summed E-state index contributed by atoms with van der Waals surface area (Å²) in [5.41, 5.74) is 1.35. The highest BCUT2D eigenvalue weighted by Crippen LogP contribution is 2.27. The van der Waals surface area contributed by atoms with E-state index in [1.54, 1.807) is 0 Å². The number of nitrogens with one attached hydrogen (secondary N) is 1. The molecule has 0 spiro atoms. The van der Waals surface area contributed by atoms with Crippen molar-refractivity contribution in [2.45, 2.75) is 64.8 Å². The van der Waals surface area contributed by atoms with E-state index in [-0.39, 0.29) is 0 Å². The molecule has 0 bridgehead atoms. The average molecular weight is 252 g/mol. The topological polar surface area (TPSA) is 20.7 Å². The minimum atomic E-state index is 0.550. The predicted octanol–water partition coefficient (Wildman–Crippen LogP) is 4.64. The van der Waals surface area contributed by atoms with Crippen LogP contribution in [0.1, 0.15) is 64.0 Å². The number of imidazole rings is 1. The van der Waals surface area contributed by atoms with Crippen molar-refractivity contribution in [2.24, 2.45) is 5.92 Å². The van der Waals surface area contributed by atoms with Crippen LogP contribution < -0.4 is 0 Å². The summed E-state index contributed by atoms with van der Waals surface area (Å²) in [4.78, 5) is 3.18. The molecule has 1 aliphatic rings. The number of aromatic nitrogens is 2. The van der Waals surface area contributed by atoms with E-state index in [2.05, 4.69) is 29.6 Å². The van der Waals surface area contributed by atoms with Gasteiger partial charge >= 0.3 is 0 Å². The first-order chi connectivity index (χ1) is 8.18. The zero-order valence-corrected chi connectivity index (χ0v) is 11.9. The second kappa shape index (κ2) is 5.85. The third kappa shape index (κ3) is 3.21. The van der Waals surface area contributed by atoms with Crippen LogP contribution in [0.5, 0.6) is 0 Å². The van der Waals surface area contributed by atoms with Gasteiger partial charge < -0.3 is 9.55 Å². The molecule has 1 saturated carbocycles. The Hall–Kier alpha value is -0.570. The predicted molar refractivity (Wildman–Crippen MR) is 74.9 cm³/mol. The fraction of sp³-hybridized carbons (Fsp3) is 0.786. The highest BCUT2D eigenvalue weighted by molar-refractivity contribution is 7.71. The molecule has 0 amide bonds. The monoisotopic (exact) mass is 252 g/mol. The number of nitrogens with zero attached hydrogens (tertiary/aromatic N) is 1. The molecule has 17 heavy (non-hydrogen) atoms. The van der Waals surface area contributed by atoms with Crippen molar-refractivity contribution in [1.82, 2.24) is 9.55 Å². The third-order valence-corrected chi connectivity index (χ3v) is 4.32. The molecule has 0 atom stereocenters. The van der Waals surface area contributed by atoms with Crippen molar-refractivity contribution >= 4 is 12.2 Å². The Morgan fingerprint density at radius 3 is 2.71 bits per heavy atom. The van der Waals surface area contributed by atoms with Gasteiger partial charge in [-0.2, -0.15) is 0 Å². The number of hydrogen-bond donors (Lipinski definition) is 1. The number of aromatic amines is 1. The smallest absolute Gasteiger partial charge is 0.177 e. The van der Waals surface area contributed by atoms with Gasteiger partial charge in [0.2, 0.25) is 0 Å². The van der Waals surface area contributed by atoms with Gasteiger partial charge in [0, 0.05) is 18.4 Å². The van der Waals surface area contributed by atoms with Crippen LogP contribution >= 0.6 is 12.2 Å². The van der Waals surface area contributed by atoms with Crippen LogP contribution in [0.2, 0.25) is 0 Å². The van der Waals surface area contributed by atoms with Gasteiger partial charge in [-0.3, -0.25) is 0 Å². The van der Waals surface area contributed by atoms with E-state index in [1.165, 1.54) is 44.2 Å². The molecular weight excluding hydrogens is 228 g/mol. The molecule has 0 saturated heterocycles. The number of H-pyrrole nitrogens is 1. The van der Waals surface area contributed by atoms with Crippen molar-refractivity contribution in [3.8, 4) is 0 Å². The molecular formula is C14H24N2S. The van der Waals surface area contributed by atoms with E-state index in [1.807, 2.05) is 0 Å². The van der Waals surface area contributed by atoms with Crippen LogP contribution in [0.3, 0.4) is 0 Å². The van der Waals surface area contributed by atoms with Gasteiger partial charge in [0.25, 0.3) is 0 Å². The molecule has 1 heterocycles. The van der Waals surface area contributed by atoms with Gasteiger partial charge in [0.1, 0.15) is 0 Å². The Balaban J connectivity index is 1.98. The first-order valence-electron chi connectivity index (χ1n) is 6.96. The Morgan fingerprint density at radius 2 is 2.06 bits per heavy atom. The maximum absolute atomic E-state index is 5.37. The number of rotatable bonds is 4. The molecule has 0 unspecified atom stereocenters. The maximum atomic E-state index is 5.37. The third-order valence-electron chi connectivity index (χ3n) is 3.98. The lowest BCUT2D eigenvalue weighted by molar-refractivity contribution is 0.321. The van der Waals surface area contributed by atoms with Crippen LogP contribution in [0.4, 0.5) is 0 Å². The SMILES string of the molecule is CC(C)c1c[nH]c(=S)n1CCC1CCCCC1. The van der Waals surface area contributed by atoms with E-state index in [0.717, 1.165) is 17.2 Å². The first kappa shape index (κ1) is 12.9. The Morgan fingerprint density at radius 1 is 1.35 bits per heavy atom. The van der Waals surface area contributed by atoms with Crippen LogP contribution in [-0.2, 0) is 6.54 Å². The molecule has 3 heteroatoms. The van der Waals surface area contributed by atoms with Crippen molar-refractivity contribution in [3.63, 3.8) is 0 Å². The molecule has 0 aliphatic heterocycles. The summed E-state index contributed by atoms with van der Waals surface area (Å²) in [6.07, 6.45) is 10.5.